The number of nitro groups is 1. The molecule has 0 rings (SSSR count). The number of thioether (sulfide) groups is 1. The van der Waals surface area contributed by atoms with Gasteiger partial charge in [0.2, 0.25) is 0 Å². The third-order valence-electron chi connectivity index (χ3n) is 1.13. The molecule has 0 spiro atoms. The Morgan fingerprint density at radius 2 is 2.42 bits per heavy atom. The molecule has 0 unspecified atom stereocenters. The van der Waals surface area contributed by atoms with Crippen molar-refractivity contribution in [2.45, 2.75) is 0 Å². The molecule has 0 aliphatic carbocycles. The minimum Gasteiger partial charge on any atom is -0.370 e. The van der Waals surface area contributed by atoms with E-state index >= 15 is 0 Å². The predicted molar refractivity (Wildman–Crippen MR) is 50.5 cm³/mol. The van der Waals surface area contributed by atoms with Crippen molar-refractivity contribution in [1.82, 2.24) is 10.6 Å². The molecule has 0 fully saturated rings. The molecular weight excluding hydrogens is 178 g/mol. The Morgan fingerprint density at radius 1 is 1.75 bits per heavy atom. The van der Waals surface area contributed by atoms with E-state index < -0.39 is 4.92 Å². The Morgan fingerprint density at radius 3 is 2.83 bits per heavy atom. The molecule has 2 N–H and O–H groups in total. The first-order chi connectivity index (χ1) is 5.70. The molecule has 0 atom stereocenters. The van der Waals surface area contributed by atoms with E-state index in [0.29, 0.717) is 5.82 Å². The molecule has 0 aromatic heterocycles. The fourth-order valence-electron chi connectivity index (χ4n) is 0.592. The molecule has 70 valence electrons. The monoisotopic (exact) mass is 191 g/mol. The summed E-state index contributed by atoms with van der Waals surface area (Å²) in [5.41, 5.74) is 0. The third kappa shape index (κ3) is 5.84. The Bertz CT molecular complexity index is 172. The van der Waals surface area contributed by atoms with E-state index in [2.05, 4.69) is 10.6 Å². The molecular formula is C6H13N3O2S. The van der Waals surface area contributed by atoms with Crippen LogP contribution in [-0.4, -0.2) is 30.5 Å². The molecule has 0 aromatic rings. The fourth-order valence-corrected chi connectivity index (χ4v) is 0.898. The van der Waals surface area contributed by atoms with E-state index in [1.165, 1.54) is 0 Å². The first-order valence-electron chi connectivity index (χ1n) is 3.46. The van der Waals surface area contributed by atoms with Gasteiger partial charge >= 0.3 is 0 Å². The lowest BCUT2D eigenvalue weighted by Crippen LogP contribution is -2.26. The number of hydrogen-bond donors (Lipinski definition) is 2. The average Bonchev–Trinajstić information content (AvgIpc) is 2.02. The summed E-state index contributed by atoms with van der Waals surface area (Å²) in [5, 5.41) is 15.6. The van der Waals surface area contributed by atoms with Crippen molar-refractivity contribution in [2.75, 3.05) is 25.6 Å². The van der Waals surface area contributed by atoms with Crippen LogP contribution in [0.4, 0.5) is 0 Å². The lowest BCUT2D eigenvalue weighted by atomic mass is 10.6. The molecule has 0 radical (unpaired) electrons. The van der Waals surface area contributed by atoms with Gasteiger partial charge in [0.1, 0.15) is 0 Å². The van der Waals surface area contributed by atoms with E-state index in [-0.39, 0.29) is 0 Å². The maximum Gasteiger partial charge on any atom is 0.274 e. The summed E-state index contributed by atoms with van der Waals surface area (Å²) in [4.78, 5) is 9.56. The first kappa shape index (κ1) is 11.1. The molecule has 6 heteroatoms. The van der Waals surface area contributed by atoms with Gasteiger partial charge in [-0.3, -0.25) is 10.1 Å². The van der Waals surface area contributed by atoms with Crippen molar-refractivity contribution in [3.05, 3.63) is 22.1 Å². The summed E-state index contributed by atoms with van der Waals surface area (Å²) >= 11 is 1.69. The van der Waals surface area contributed by atoms with Crippen LogP contribution in [0.5, 0.6) is 0 Å². The molecule has 0 saturated carbocycles. The van der Waals surface area contributed by atoms with Crippen LogP contribution in [-0.2, 0) is 0 Å². The quantitative estimate of drug-likeness (QED) is 0.357. The largest absolute Gasteiger partial charge is 0.370 e. The topological polar surface area (TPSA) is 67.2 Å². The van der Waals surface area contributed by atoms with Gasteiger partial charge in [-0.05, 0) is 6.26 Å². The highest BCUT2D eigenvalue weighted by molar-refractivity contribution is 7.98. The van der Waals surface area contributed by atoms with Gasteiger partial charge in [-0.1, -0.05) is 0 Å². The molecule has 0 bridgehead atoms. The minimum atomic E-state index is -0.488. The number of hydrogen-bond acceptors (Lipinski definition) is 5. The highest BCUT2D eigenvalue weighted by Crippen LogP contribution is 1.89. The van der Waals surface area contributed by atoms with Crippen molar-refractivity contribution in [1.29, 1.82) is 0 Å². The lowest BCUT2D eigenvalue weighted by molar-refractivity contribution is -0.404. The van der Waals surface area contributed by atoms with Gasteiger partial charge in [-0.25, -0.2) is 0 Å². The summed E-state index contributed by atoms with van der Waals surface area (Å²) in [6.45, 7) is 0.724. The van der Waals surface area contributed by atoms with Crippen LogP contribution in [0.3, 0.4) is 0 Å². The molecule has 0 heterocycles. The molecule has 0 amide bonds. The minimum absolute atomic E-state index is 0.439. The van der Waals surface area contributed by atoms with Crippen molar-refractivity contribution in [3.8, 4) is 0 Å². The highest BCUT2D eigenvalue weighted by atomic mass is 32.2. The van der Waals surface area contributed by atoms with E-state index in [4.69, 9.17) is 0 Å². The van der Waals surface area contributed by atoms with Crippen LogP contribution >= 0.6 is 11.8 Å². The second kappa shape index (κ2) is 6.78. The molecule has 0 aliphatic heterocycles. The zero-order chi connectivity index (χ0) is 9.40. The SMILES string of the molecule is CNC(=C[N+](=O)[O-])NCCSC. The Labute approximate surface area is 75.8 Å². The van der Waals surface area contributed by atoms with Gasteiger partial charge in [0, 0.05) is 19.3 Å². The molecule has 12 heavy (non-hydrogen) atoms. The predicted octanol–water partition coefficient (Wildman–Crippen LogP) is 0.234. The second-order valence-electron chi connectivity index (χ2n) is 2.00. The van der Waals surface area contributed by atoms with E-state index in [1.54, 1.807) is 18.8 Å². The van der Waals surface area contributed by atoms with Crippen LogP contribution in [0.25, 0.3) is 0 Å². The van der Waals surface area contributed by atoms with Crippen molar-refractivity contribution in [2.24, 2.45) is 0 Å². The first-order valence-corrected chi connectivity index (χ1v) is 4.86. The maximum atomic E-state index is 10.0. The van der Waals surface area contributed by atoms with Crippen LogP contribution in [0.1, 0.15) is 0 Å². The number of nitrogens with one attached hydrogen (secondary N) is 2. The highest BCUT2D eigenvalue weighted by Gasteiger charge is 1.97. The van der Waals surface area contributed by atoms with Crippen LogP contribution in [0.15, 0.2) is 12.0 Å². The summed E-state index contributed by atoms with van der Waals surface area (Å²) in [5.74, 6) is 1.37. The second-order valence-corrected chi connectivity index (χ2v) is 2.98. The maximum absolute atomic E-state index is 10.0. The smallest absolute Gasteiger partial charge is 0.274 e. The molecule has 5 nitrogen and oxygen atoms in total. The van der Waals surface area contributed by atoms with Crippen molar-refractivity contribution < 1.29 is 4.92 Å². The van der Waals surface area contributed by atoms with Gasteiger partial charge in [-0.2, -0.15) is 11.8 Å². The van der Waals surface area contributed by atoms with Crippen LogP contribution < -0.4 is 10.6 Å². The summed E-state index contributed by atoms with van der Waals surface area (Å²) in [6, 6.07) is 0. The third-order valence-corrected chi connectivity index (χ3v) is 1.74. The van der Waals surface area contributed by atoms with Gasteiger partial charge in [-0.15, -0.1) is 0 Å². The average molecular weight is 191 g/mol. The normalized spacial score (nSPS) is 11.0. The van der Waals surface area contributed by atoms with Crippen molar-refractivity contribution >= 4 is 11.8 Å². The van der Waals surface area contributed by atoms with Gasteiger partial charge in [0.25, 0.3) is 6.20 Å². The Balaban J connectivity index is 3.75. The zero-order valence-corrected chi connectivity index (χ0v) is 7.98. The van der Waals surface area contributed by atoms with Crippen molar-refractivity contribution in [3.63, 3.8) is 0 Å². The summed E-state index contributed by atoms with van der Waals surface area (Å²) in [6.07, 6.45) is 2.90. The number of rotatable bonds is 6. The molecule has 0 saturated heterocycles. The van der Waals surface area contributed by atoms with Gasteiger partial charge < -0.3 is 10.6 Å². The van der Waals surface area contributed by atoms with Gasteiger partial charge in [0.05, 0.1) is 4.92 Å². The van der Waals surface area contributed by atoms with E-state index in [1.807, 2.05) is 6.26 Å². The zero-order valence-electron chi connectivity index (χ0n) is 7.16. The lowest BCUT2D eigenvalue weighted by Gasteiger charge is -2.05. The van der Waals surface area contributed by atoms with E-state index in [9.17, 15) is 10.1 Å². The molecule has 0 aliphatic rings. The van der Waals surface area contributed by atoms with Gasteiger partial charge in [0.15, 0.2) is 5.82 Å². The van der Waals surface area contributed by atoms with E-state index in [0.717, 1.165) is 18.5 Å². The Hall–Kier alpha value is -0.910. The van der Waals surface area contributed by atoms with Crippen LogP contribution in [0, 0.1) is 10.1 Å². The van der Waals surface area contributed by atoms with Crippen LogP contribution in [0.2, 0.25) is 0 Å². The summed E-state index contributed by atoms with van der Waals surface area (Å²) in [7, 11) is 1.64. The molecule has 0 aromatic carbocycles. The number of nitrogens with zero attached hydrogens (tertiary/aromatic N) is 1. The summed E-state index contributed by atoms with van der Waals surface area (Å²) < 4.78 is 0. The Kier molecular flexibility index (Phi) is 6.26. The fraction of sp³-hybridized carbons (Fsp3) is 0.667. The standard InChI is InChI=1S/C6H13N3O2S/c1-7-6(5-9(10)11)8-3-4-12-2/h5,7-8H,3-4H2,1-2H3.